The minimum atomic E-state index is 0.0603. The molecule has 0 saturated heterocycles. The quantitative estimate of drug-likeness (QED) is 0.522. The summed E-state index contributed by atoms with van der Waals surface area (Å²) < 4.78 is 0. The lowest BCUT2D eigenvalue weighted by atomic mass is 10.0. The first kappa shape index (κ1) is 12.1. The summed E-state index contributed by atoms with van der Waals surface area (Å²) in [6.45, 7) is 2.77. The number of rotatable bonds is 5. The topological polar surface area (TPSA) is 100 Å². The second-order valence-electron chi connectivity index (χ2n) is 3.91. The third-order valence-electron chi connectivity index (χ3n) is 2.61. The van der Waals surface area contributed by atoms with Gasteiger partial charge in [-0.05, 0) is 25.8 Å². The van der Waals surface area contributed by atoms with E-state index in [4.69, 9.17) is 16.9 Å². The van der Waals surface area contributed by atoms with Gasteiger partial charge in [-0.3, -0.25) is 10.7 Å². The van der Waals surface area contributed by atoms with Crippen LogP contribution in [0, 0.1) is 5.41 Å². The monoisotopic (exact) mass is 211 g/mol. The fraction of sp³-hybridized carbons (Fsp3) is 0.800. The third-order valence-corrected chi connectivity index (χ3v) is 2.61. The summed E-state index contributed by atoms with van der Waals surface area (Å²) in [7, 11) is 0. The van der Waals surface area contributed by atoms with Gasteiger partial charge in [0, 0.05) is 0 Å². The van der Waals surface area contributed by atoms with E-state index in [0.29, 0.717) is 18.2 Å². The van der Waals surface area contributed by atoms with Crippen molar-refractivity contribution in [2.45, 2.75) is 44.7 Å². The van der Waals surface area contributed by atoms with Crippen LogP contribution in [0.25, 0.3) is 0 Å². The largest absolute Gasteiger partial charge is 0.386 e. The van der Waals surface area contributed by atoms with E-state index in [0.717, 1.165) is 25.7 Å². The van der Waals surface area contributed by atoms with Crippen LogP contribution in [0.3, 0.4) is 0 Å². The van der Waals surface area contributed by atoms with Gasteiger partial charge >= 0.3 is 0 Å². The van der Waals surface area contributed by atoms with Crippen molar-refractivity contribution in [2.24, 2.45) is 16.5 Å². The van der Waals surface area contributed by atoms with Crippen LogP contribution in [0.15, 0.2) is 4.99 Å². The molecule has 0 radical (unpaired) electrons. The molecule has 2 unspecified atom stereocenters. The molecule has 86 valence electrons. The van der Waals surface area contributed by atoms with Gasteiger partial charge in [0.1, 0.15) is 11.7 Å². The molecule has 0 bridgehead atoms. The molecule has 1 rings (SSSR count). The van der Waals surface area contributed by atoms with E-state index in [1.54, 1.807) is 0 Å². The van der Waals surface area contributed by atoms with Crippen LogP contribution in [-0.4, -0.2) is 30.3 Å². The van der Waals surface area contributed by atoms with Crippen molar-refractivity contribution in [3.8, 4) is 0 Å². The van der Waals surface area contributed by atoms with Gasteiger partial charge in [0.05, 0.1) is 12.1 Å². The molecular formula is C10H21N5. The van der Waals surface area contributed by atoms with Gasteiger partial charge in [-0.25, -0.2) is 4.99 Å². The molecule has 0 saturated carbocycles. The number of nitrogens with zero attached hydrogens (tertiary/aromatic N) is 1. The van der Waals surface area contributed by atoms with Crippen LogP contribution >= 0.6 is 0 Å². The summed E-state index contributed by atoms with van der Waals surface area (Å²) in [6, 6.07) is 0.157. The van der Waals surface area contributed by atoms with Gasteiger partial charge < -0.3 is 11.5 Å². The van der Waals surface area contributed by atoms with Gasteiger partial charge in [0.25, 0.3) is 0 Å². The Morgan fingerprint density at radius 3 is 2.73 bits per heavy atom. The molecular weight excluding hydrogens is 190 g/mol. The summed E-state index contributed by atoms with van der Waals surface area (Å²) >= 11 is 0. The fourth-order valence-electron chi connectivity index (χ4n) is 1.76. The van der Waals surface area contributed by atoms with Crippen LogP contribution in [0.2, 0.25) is 0 Å². The Kier molecular flexibility index (Phi) is 4.71. The highest BCUT2D eigenvalue weighted by Crippen LogP contribution is 2.09. The Bertz CT molecular complexity index is 248. The Morgan fingerprint density at radius 1 is 1.40 bits per heavy atom. The van der Waals surface area contributed by atoms with Gasteiger partial charge in [-0.2, -0.15) is 0 Å². The van der Waals surface area contributed by atoms with Crippen molar-refractivity contribution in [3.05, 3.63) is 0 Å². The van der Waals surface area contributed by atoms with Crippen molar-refractivity contribution in [1.82, 2.24) is 5.32 Å². The minimum absolute atomic E-state index is 0.0603. The number of nitrogens with one attached hydrogen (secondary N) is 2. The second kappa shape index (κ2) is 5.82. The van der Waals surface area contributed by atoms with Gasteiger partial charge in [-0.1, -0.05) is 13.3 Å². The lowest BCUT2D eigenvalue weighted by Gasteiger charge is -2.29. The molecule has 0 fully saturated rings. The molecule has 5 heteroatoms. The zero-order valence-electron chi connectivity index (χ0n) is 9.29. The molecule has 6 N–H and O–H groups in total. The van der Waals surface area contributed by atoms with E-state index < -0.39 is 0 Å². The van der Waals surface area contributed by atoms with Crippen LogP contribution in [0.5, 0.6) is 0 Å². The van der Waals surface area contributed by atoms with E-state index >= 15 is 0 Å². The number of hydrogen-bond donors (Lipinski definition) is 4. The summed E-state index contributed by atoms with van der Waals surface area (Å²) in [4.78, 5) is 4.09. The average Bonchev–Trinajstić information content (AvgIpc) is 2.20. The Hall–Kier alpha value is -0.940. The number of nitrogens with two attached hydrogens (primary N) is 2. The number of hydrogen-bond acceptors (Lipinski definition) is 4. The average molecular weight is 211 g/mol. The molecule has 1 heterocycles. The van der Waals surface area contributed by atoms with Crippen molar-refractivity contribution >= 4 is 11.7 Å². The highest BCUT2D eigenvalue weighted by Gasteiger charge is 2.25. The normalized spacial score (nSPS) is 26.5. The maximum absolute atomic E-state index is 7.69. The smallest absolute Gasteiger partial charge is 0.139 e. The number of amidine groups is 2. The lowest BCUT2D eigenvalue weighted by Crippen LogP contribution is -2.53. The molecule has 1 aliphatic heterocycles. The van der Waals surface area contributed by atoms with Gasteiger partial charge in [-0.15, -0.1) is 0 Å². The van der Waals surface area contributed by atoms with Gasteiger partial charge in [0.15, 0.2) is 0 Å². The first-order valence-corrected chi connectivity index (χ1v) is 5.57. The predicted octanol–water partition coefficient (Wildman–Crippen LogP) is 0.200. The maximum Gasteiger partial charge on any atom is 0.139 e. The molecule has 0 aliphatic carbocycles. The first-order valence-electron chi connectivity index (χ1n) is 5.57. The summed E-state index contributed by atoms with van der Waals surface area (Å²) in [6.07, 6.45) is 3.81. The summed E-state index contributed by atoms with van der Waals surface area (Å²) in [5, 5.41) is 11.0. The molecule has 0 aromatic heterocycles. The minimum Gasteiger partial charge on any atom is -0.386 e. The Labute approximate surface area is 90.8 Å². The van der Waals surface area contributed by atoms with Crippen LogP contribution in [-0.2, 0) is 0 Å². The molecule has 0 aromatic carbocycles. The molecule has 0 aromatic rings. The maximum atomic E-state index is 7.69. The highest BCUT2D eigenvalue weighted by molar-refractivity contribution is 6.02. The van der Waals surface area contributed by atoms with E-state index in [2.05, 4.69) is 17.2 Å². The van der Waals surface area contributed by atoms with Crippen molar-refractivity contribution in [2.75, 3.05) is 6.54 Å². The highest BCUT2D eigenvalue weighted by atomic mass is 15.1. The molecule has 5 nitrogen and oxygen atoms in total. The molecule has 0 spiro atoms. The summed E-state index contributed by atoms with van der Waals surface area (Å²) in [5.41, 5.74) is 11.2. The van der Waals surface area contributed by atoms with Crippen LogP contribution in [0.4, 0.5) is 0 Å². The van der Waals surface area contributed by atoms with Gasteiger partial charge in [0.2, 0.25) is 0 Å². The molecule has 0 amide bonds. The van der Waals surface area contributed by atoms with E-state index in [9.17, 15) is 0 Å². The standard InChI is InChI=1S/C10H21N5/c1-2-4-7-9(12)15-10(13)8(14-7)5-3-6-11/h7-8,14H,2-6,11H2,1H3,(H3,12,13,15). The van der Waals surface area contributed by atoms with E-state index in [-0.39, 0.29) is 12.1 Å². The van der Waals surface area contributed by atoms with Crippen molar-refractivity contribution in [1.29, 1.82) is 5.41 Å². The summed E-state index contributed by atoms with van der Waals surface area (Å²) in [5.74, 6) is 0.888. The van der Waals surface area contributed by atoms with Crippen molar-refractivity contribution in [3.63, 3.8) is 0 Å². The second-order valence-corrected chi connectivity index (χ2v) is 3.91. The first-order chi connectivity index (χ1) is 7.19. The fourth-order valence-corrected chi connectivity index (χ4v) is 1.76. The van der Waals surface area contributed by atoms with Crippen LogP contribution in [0.1, 0.15) is 32.6 Å². The predicted molar refractivity (Wildman–Crippen MR) is 63.3 cm³/mol. The van der Waals surface area contributed by atoms with E-state index in [1.807, 2.05) is 0 Å². The SMILES string of the molecule is CCCC1NC(CCCN)C(N)=NC1=N. The molecule has 1 aliphatic rings. The zero-order valence-corrected chi connectivity index (χ0v) is 9.29. The van der Waals surface area contributed by atoms with Crippen molar-refractivity contribution < 1.29 is 0 Å². The van der Waals surface area contributed by atoms with Crippen LogP contribution < -0.4 is 16.8 Å². The zero-order chi connectivity index (χ0) is 11.3. The van der Waals surface area contributed by atoms with E-state index in [1.165, 1.54) is 0 Å². The Balaban J connectivity index is 2.58. The Morgan fingerprint density at radius 2 is 2.13 bits per heavy atom. The molecule has 15 heavy (non-hydrogen) atoms. The number of aliphatic imine (C=N–C) groups is 1. The third kappa shape index (κ3) is 3.28. The lowest BCUT2D eigenvalue weighted by molar-refractivity contribution is 0.490. The molecule has 2 atom stereocenters.